The number of thioether (sulfide) groups is 1. The minimum absolute atomic E-state index is 0.486. The predicted octanol–water partition coefficient (Wildman–Crippen LogP) is 3.18. The molecule has 0 aliphatic heterocycles. The van der Waals surface area contributed by atoms with E-state index in [1.165, 1.54) is 12.2 Å². The topological polar surface area (TPSA) is 41.1 Å². The van der Waals surface area contributed by atoms with E-state index < -0.39 is 0 Å². The fourth-order valence-electron chi connectivity index (χ4n) is 1.80. The molecule has 1 rings (SSSR count). The van der Waals surface area contributed by atoms with E-state index in [1.54, 1.807) is 0 Å². The van der Waals surface area contributed by atoms with Crippen LogP contribution in [0.3, 0.4) is 0 Å². The predicted molar refractivity (Wildman–Crippen MR) is 86.4 cm³/mol. The van der Waals surface area contributed by atoms with Crippen molar-refractivity contribution in [3.8, 4) is 0 Å². The van der Waals surface area contributed by atoms with Crippen LogP contribution in [0.2, 0.25) is 0 Å². The Morgan fingerprint density at radius 3 is 2.84 bits per heavy atom. The van der Waals surface area contributed by atoms with E-state index in [2.05, 4.69) is 54.3 Å². The fourth-order valence-corrected chi connectivity index (χ4v) is 2.38. The Kier molecular flexibility index (Phi) is 6.99. The molecule has 1 heterocycles. The van der Waals surface area contributed by atoms with Crippen molar-refractivity contribution < 1.29 is 0 Å². The van der Waals surface area contributed by atoms with Crippen LogP contribution in [0.1, 0.15) is 32.3 Å². The second-order valence-electron chi connectivity index (χ2n) is 4.87. The minimum atomic E-state index is 0.486. The lowest BCUT2D eigenvalue weighted by Gasteiger charge is -2.27. The summed E-state index contributed by atoms with van der Waals surface area (Å²) in [5.41, 5.74) is 1.13. The summed E-state index contributed by atoms with van der Waals surface area (Å²) < 4.78 is 0. The molecule has 4 nitrogen and oxygen atoms in total. The second-order valence-corrected chi connectivity index (χ2v) is 5.85. The number of rotatable bonds is 8. The van der Waals surface area contributed by atoms with Gasteiger partial charge in [-0.1, -0.05) is 6.92 Å². The van der Waals surface area contributed by atoms with Crippen molar-refractivity contribution in [2.45, 2.75) is 39.7 Å². The van der Waals surface area contributed by atoms with Crippen LogP contribution in [0.5, 0.6) is 0 Å². The van der Waals surface area contributed by atoms with E-state index >= 15 is 0 Å². The molecule has 19 heavy (non-hydrogen) atoms. The van der Waals surface area contributed by atoms with E-state index in [4.69, 9.17) is 0 Å². The summed E-state index contributed by atoms with van der Waals surface area (Å²) in [6, 6.07) is 0.486. The summed E-state index contributed by atoms with van der Waals surface area (Å²) in [6.45, 7) is 7.36. The first-order valence-electron chi connectivity index (χ1n) is 6.89. The molecule has 0 amide bonds. The van der Waals surface area contributed by atoms with Gasteiger partial charge in [0.1, 0.15) is 5.82 Å². The largest absolute Gasteiger partial charge is 0.357 e. The molecule has 0 radical (unpaired) electrons. The second kappa shape index (κ2) is 8.25. The first-order valence-corrected chi connectivity index (χ1v) is 8.28. The SMILES string of the molecule is CCCNc1ncc(C)c(N(C)C(C)CCSC)n1. The smallest absolute Gasteiger partial charge is 0.224 e. The summed E-state index contributed by atoms with van der Waals surface area (Å²) in [5, 5.41) is 3.25. The Labute approximate surface area is 121 Å². The van der Waals surface area contributed by atoms with Gasteiger partial charge in [0.15, 0.2) is 0 Å². The van der Waals surface area contributed by atoms with Crippen LogP contribution in [-0.2, 0) is 0 Å². The zero-order chi connectivity index (χ0) is 14.3. The lowest BCUT2D eigenvalue weighted by molar-refractivity contribution is 0.659. The third kappa shape index (κ3) is 4.90. The summed E-state index contributed by atoms with van der Waals surface area (Å²) in [6.07, 6.45) is 6.29. The Bertz CT molecular complexity index is 384. The Hall–Kier alpha value is -0.970. The lowest BCUT2D eigenvalue weighted by Crippen LogP contribution is -2.31. The van der Waals surface area contributed by atoms with Gasteiger partial charge in [-0.2, -0.15) is 16.7 Å². The van der Waals surface area contributed by atoms with Crippen LogP contribution in [0.4, 0.5) is 11.8 Å². The molecule has 0 spiro atoms. The molecule has 1 aromatic heterocycles. The van der Waals surface area contributed by atoms with Gasteiger partial charge in [-0.25, -0.2) is 4.98 Å². The van der Waals surface area contributed by atoms with Gasteiger partial charge in [-0.15, -0.1) is 0 Å². The van der Waals surface area contributed by atoms with E-state index in [0.717, 1.165) is 30.3 Å². The standard InChI is InChI=1S/C14H26N4S/c1-6-8-15-14-16-10-11(2)13(17-14)18(4)12(3)7-9-19-5/h10,12H,6-9H2,1-5H3,(H,15,16,17). The molecular formula is C14H26N4S. The van der Waals surface area contributed by atoms with Gasteiger partial charge >= 0.3 is 0 Å². The molecule has 1 unspecified atom stereocenters. The maximum Gasteiger partial charge on any atom is 0.224 e. The highest BCUT2D eigenvalue weighted by Gasteiger charge is 2.14. The Morgan fingerprint density at radius 1 is 1.47 bits per heavy atom. The summed E-state index contributed by atoms with van der Waals surface area (Å²) in [4.78, 5) is 11.2. The maximum absolute atomic E-state index is 4.64. The van der Waals surface area contributed by atoms with Crippen molar-refractivity contribution in [1.29, 1.82) is 0 Å². The highest BCUT2D eigenvalue weighted by molar-refractivity contribution is 7.98. The van der Waals surface area contributed by atoms with Crippen LogP contribution < -0.4 is 10.2 Å². The molecule has 0 saturated heterocycles. The van der Waals surface area contributed by atoms with E-state index in [9.17, 15) is 0 Å². The molecule has 1 aromatic rings. The molecule has 108 valence electrons. The Morgan fingerprint density at radius 2 is 2.21 bits per heavy atom. The zero-order valence-electron chi connectivity index (χ0n) is 12.7. The number of anilines is 2. The van der Waals surface area contributed by atoms with Crippen LogP contribution in [0.25, 0.3) is 0 Å². The van der Waals surface area contributed by atoms with Crippen LogP contribution in [0.15, 0.2) is 6.20 Å². The van der Waals surface area contributed by atoms with Crippen molar-refractivity contribution >= 4 is 23.5 Å². The van der Waals surface area contributed by atoms with Crippen molar-refractivity contribution in [2.24, 2.45) is 0 Å². The molecule has 5 heteroatoms. The number of hydrogen-bond donors (Lipinski definition) is 1. The summed E-state index contributed by atoms with van der Waals surface area (Å²) in [5.74, 6) is 2.94. The van der Waals surface area contributed by atoms with Gasteiger partial charge in [0, 0.05) is 31.4 Å². The van der Waals surface area contributed by atoms with Gasteiger partial charge in [0.2, 0.25) is 5.95 Å². The molecule has 1 atom stereocenters. The lowest BCUT2D eigenvalue weighted by atomic mass is 10.2. The average Bonchev–Trinajstić information content (AvgIpc) is 2.43. The Balaban J connectivity index is 2.79. The number of nitrogens with one attached hydrogen (secondary N) is 1. The monoisotopic (exact) mass is 282 g/mol. The van der Waals surface area contributed by atoms with Gasteiger partial charge < -0.3 is 10.2 Å². The molecule has 1 N–H and O–H groups in total. The molecule has 0 aromatic carbocycles. The minimum Gasteiger partial charge on any atom is -0.357 e. The summed E-state index contributed by atoms with van der Waals surface area (Å²) >= 11 is 1.89. The van der Waals surface area contributed by atoms with E-state index in [-0.39, 0.29) is 0 Å². The quantitative estimate of drug-likeness (QED) is 0.793. The molecule has 0 bridgehead atoms. The van der Waals surface area contributed by atoms with Crippen LogP contribution >= 0.6 is 11.8 Å². The average molecular weight is 282 g/mol. The van der Waals surface area contributed by atoms with Crippen molar-refractivity contribution in [3.63, 3.8) is 0 Å². The van der Waals surface area contributed by atoms with Crippen molar-refractivity contribution in [1.82, 2.24) is 9.97 Å². The number of aromatic nitrogens is 2. The van der Waals surface area contributed by atoms with E-state index in [1.807, 2.05) is 18.0 Å². The van der Waals surface area contributed by atoms with Gasteiger partial charge in [0.25, 0.3) is 0 Å². The van der Waals surface area contributed by atoms with Crippen LogP contribution in [-0.4, -0.2) is 41.6 Å². The molecule has 0 aliphatic carbocycles. The van der Waals surface area contributed by atoms with Gasteiger partial charge in [-0.05, 0) is 38.7 Å². The molecular weight excluding hydrogens is 256 g/mol. The normalized spacial score (nSPS) is 12.3. The number of nitrogens with zero attached hydrogens (tertiary/aromatic N) is 3. The highest BCUT2D eigenvalue weighted by Crippen LogP contribution is 2.20. The van der Waals surface area contributed by atoms with Crippen molar-refractivity contribution in [3.05, 3.63) is 11.8 Å². The van der Waals surface area contributed by atoms with Gasteiger partial charge in [-0.3, -0.25) is 0 Å². The van der Waals surface area contributed by atoms with Crippen molar-refractivity contribution in [2.75, 3.05) is 35.8 Å². The van der Waals surface area contributed by atoms with Crippen LogP contribution in [0, 0.1) is 6.92 Å². The number of aryl methyl sites for hydroxylation is 1. The van der Waals surface area contributed by atoms with E-state index in [0.29, 0.717) is 6.04 Å². The highest BCUT2D eigenvalue weighted by atomic mass is 32.2. The first kappa shape index (κ1) is 16.1. The fraction of sp³-hybridized carbons (Fsp3) is 0.714. The third-order valence-electron chi connectivity index (χ3n) is 3.21. The third-order valence-corrected chi connectivity index (χ3v) is 3.86. The zero-order valence-corrected chi connectivity index (χ0v) is 13.5. The number of hydrogen-bond acceptors (Lipinski definition) is 5. The molecule has 0 aliphatic rings. The summed E-state index contributed by atoms with van der Waals surface area (Å²) in [7, 11) is 2.12. The maximum atomic E-state index is 4.64. The van der Waals surface area contributed by atoms with Gasteiger partial charge in [0.05, 0.1) is 0 Å². The first-order chi connectivity index (χ1) is 9.10. The molecule has 0 saturated carbocycles. The molecule has 0 fully saturated rings.